The van der Waals surface area contributed by atoms with Gasteiger partial charge < -0.3 is 5.32 Å². The first kappa shape index (κ1) is 8.16. The number of carbonyl (C=O) groups excluding carboxylic acids is 1. The predicted octanol–water partition coefficient (Wildman–Crippen LogP) is 1.31. The summed E-state index contributed by atoms with van der Waals surface area (Å²) in [6, 6.07) is 0. The molecule has 0 atom stereocenters. The Morgan fingerprint density at radius 2 is 2.31 bits per heavy atom. The van der Waals surface area contributed by atoms with Gasteiger partial charge in [0.15, 0.2) is 5.82 Å². The third kappa shape index (κ3) is 2.02. The predicted molar refractivity (Wildman–Crippen MR) is 48.3 cm³/mol. The fourth-order valence-corrected chi connectivity index (χ4v) is 1.20. The lowest BCUT2D eigenvalue weighted by Gasteiger charge is -2.01. The van der Waals surface area contributed by atoms with Crippen molar-refractivity contribution < 1.29 is 4.79 Å². The van der Waals surface area contributed by atoms with Crippen LogP contribution in [-0.4, -0.2) is 15.9 Å². The van der Waals surface area contributed by atoms with E-state index >= 15 is 0 Å². The van der Waals surface area contributed by atoms with Crippen LogP contribution in [0.3, 0.4) is 0 Å². The Morgan fingerprint density at radius 1 is 1.54 bits per heavy atom. The Bertz CT molecular complexity index is 333. The topological polar surface area (TPSA) is 54.9 Å². The molecule has 1 aliphatic carbocycles. The molecule has 0 radical (unpaired) electrons. The van der Waals surface area contributed by atoms with E-state index in [2.05, 4.69) is 15.3 Å². The van der Waals surface area contributed by atoms with E-state index < -0.39 is 0 Å². The van der Waals surface area contributed by atoms with Crippen LogP contribution in [0.25, 0.3) is 0 Å². The van der Waals surface area contributed by atoms with Crippen molar-refractivity contribution in [2.45, 2.75) is 25.7 Å². The first-order chi connectivity index (χ1) is 6.25. The van der Waals surface area contributed by atoms with Gasteiger partial charge in [-0.15, -0.1) is 0 Å². The standard InChI is InChI=1S/C9H11N3O/c1-6(13)11-9-5-10-4-8(12-9)7-2-3-7/h4-5,7H,2-3H2,1H3,(H,11,12,13). The number of hydrogen-bond acceptors (Lipinski definition) is 3. The normalized spacial score (nSPS) is 15.5. The Balaban J connectivity index is 2.16. The van der Waals surface area contributed by atoms with Crippen LogP contribution in [0.2, 0.25) is 0 Å². The lowest BCUT2D eigenvalue weighted by atomic mass is 10.3. The maximum atomic E-state index is 10.7. The molecule has 68 valence electrons. The molecule has 1 amide bonds. The molecule has 1 fully saturated rings. The van der Waals surface area contributed by atoms with Crippen molar-refractivity contribution in [2.75, 3.05) is 5.32 Å². The summed E-state index contributed by atoms with van der Waals surface area (Å²) in [5.41, 5.74) is 0.992. The van der Waals surface area contributed by atoms with E-state index in [0.717, 1.165) is 5.69 Å². The van der Waals surface area contributed by atoms with Crippen LogP contribution < -0.4 is 5.32 Å². The van der Waals surface area contributed by atoms with Gasteiger partial charge in [-0.3, -0.25) is 9.78 Å². The van der Waals surface area contributed by atoms with E-state index in [1.54, 1.807) is 12.4 Å². The first-order valence-corrected chi connectivity index (χ1v) is 4.35. The van der Waals surface area contributed by atoms with Crippen molar-refractivity contribution in [1.29, 1.82) is 0 Å². The second kappa shape index (κ2) is 3.12. The SMILES string of the molecule is CC(=O)Nc1cncc(C2CC2)n1. The summed E-state index contributed by atoms with van der Waals surface area (Å²) in [5, 5.41) is 2.62. The minimum absolute atomic E-state index is 0.109. The second-order valence-corrected chi connectivity index (χ2v) is 3.28. The number of nitrogens with one attached hydrogen (secondary N) is 1. The number of aromatic nitrogens is 2. The van der Waals surface area contributed by atoms with Crippen LogP contribution in [-0.2, 0) is 4.79 Å². The molecule has 1 heterocycles. The quantitative estimate of drug-likeness (QED) is 0.741. The number of anilines is 1. The minimum Gasteiger partial charge on any atom is -0.310 e. The van der Waals surface area contributed by atoms with Gasteiger partial charge in [0.25, 0.3) is 0 Å². The molecular weight excluding hydrogens is 166 g/mol. The zero-order valence-corrected chi connectivity index (χ0v) is 7.45. The summed E-state index contributed by atoms with van der Waals surface area (Å²) in [6.45, 7) is 1.46. The van der Waals surface area contributed by atoms with E-state index in [-0.39, 0.29) is 5.91 Å². The van der Waals surface area contributed by atoms with Crippen molar-refractivity contribution in [3.05, 3.63) is 18.1 Å². The third-order valence-electron chi connectivity index (χ3n) is 1.95. The smallest absolute Gasteiger partial charge is 0.222 e. The highest BCUT2D eigenvalue weighted by molar-refractivity contribution is 5.87. The Labute approximate surface area is 76.4 Å². The van der Waals surface area contributed by atoms with E-state index in [0.29, 0.717) is 11.7 Å². The van der Waals surface area contributed by atoms with Gasteiger partial charge in [-0.05, 0) is 12.8 Å². The molecule has 0 spiro atoms. The van der Waals surface area contributed by atoms with Crippen LogP contribution in [0.4, 0.5) is 5.82 Å². The number of rotatable bonds is 2. The average molecular weight is 177 g/mol. The highest BCUT2D eigenvalue weighted by Gasteiger charge is 2.25. The largest absolute Gasteiger partial charge is 0.310 e. The molecule has 2 rings (SSSR count). The third-order valence-corrected chi connectivity index (χ3v) is 1.95. The van der Waals surface area contributed by atoms with Crippen LogP contribution in [0, 0.1) is 0 Å². The number of amides is 1. The summed E-state index contributed by atoms with van der Waals surface area (Å²) >= 11 is 0. The Kier molecular flexibility index (Phi) is 1.96. The van der Waals surface area contributed by atoms with Crippen molar-refractivity contribution in [2.24, 2.45) is 0 Å². The molecule has 0 bridgehead atoms. The highest BCUT2D eigenvalue weighted by atomic mass is 16.1. The molecule has 1 aromatic rings. The fourth-order valence-electron chi connectivity index (χ4n) is 1.20. The Morgan fingerprint density at radius 3 is 2.92 bits per heavy atom. The number of carbonyl (C=O) groups is 1. The molecule has 4 nitrogen and oxygen atoms in total. The summed E-state index contributed by atoms with van der Waals surface area (Å²) in [7, 11) is 0. The average Bonchev–Trinajstić information content (AvgIpc) is 2.85. The minimum atomic E-state index is -0.109. The molecule has 1 N–H and O–H groups in total. The van der Waals surface area contributed by atoms with Gasteiger partial charge in [-0.2, -0.15) is 0 Å². The van der Waals surface area contributed by atoms with E-state index in [1.807, 2.05) is 0 Å². The molecule has 0 aromatic carbocycles. The summed E-state index contributed by atoms with van der Waals surface area (Å²) in [5.74, 6) is 1.01. The van der Waals surface area contributed by atoms with Gasteiger partial charge >= 0.3 is 0 Å². The summed E-state index contributed by atoms with van der Waals surface area (Å²) in [4.78, 5) is 19.0. The second-order valence-electron chi connectivity index (χ2n) is 3.28. The van der Waals surface area contributed by atoms with E-state index in [1.165, 1.54) is 19.8 Å². The van der Waals surface area contributed by atoms with Crippen molar-refractivity contribution in [3.8, 4) is 0 Å². The van der Waals surface area contributed by atoms with Crippen LogP contribution in [0.5, 0.6) is 0 Å². The maximum Gasteiger partial charge on any atom is 0.222 e. The van der Waals surface area contributed by atoms with Gasteiger partial charge in [0.2, 0.25) is 5.91 Å². The summed E-state index contributed by atoms with van der Waals surface area (Å²) < 4.78 is 0. The van der Waals surface area contributed by atoms with Gasteiger partial charge in [-0.1, -0.05) is 0 Å². The fraction of sp³-hybridized carbons (Fsp3) is 0.444. The van der Waals surface area contributed by atoms with Gasteiger partial charge in [-0.25, -0.2) is 4.98 Å². The van der Waals surface area contributed by atoms with E-state index in [9.17, 15) is 4.79 Å². The maximum absolute atomic E-state index is 10.7. The Hall–Kier alpha value is -1.45. The molecule has 1 aliphatic rings. The van der Waals surface area contributed by atoms with Gasteiger partial charge in [0, 0.05) is 19.0 Å². The molecule has 4 heteroatoms. The van der Waals surface area contributed by atoms with Crippen molar-refractivity contribution >= 4 is 11.7 Å². The van der Waals surface area contributed by atoms with Gasteiger partial charge in [0.1, 0.15) is 0 Å². The molecular formula is C9H11N3O. The molecule has 0 unspecified atom stereocenters. The molecule has 13 heavy (non-hydrogen) atoms. The highest BCUT2D eigenvalue weighted by Crippen LogP contribution is 2.38. The van der Waals surface area contributed by atoms with Crippen molar-refractivity contribution in [3.63, 3.8) is 0 Å². The van der Waals surface area contributed by atoms with Crippen LogP contribution in [0.1, 0.15) is 31.4 Å². The zero-order valence-electron chi connectivity index (χ0n) is 7.45. The van der Waals surface area contributed by atoms with E-state index in [4.69, 9.17) is 0 Å². The molecule has 0 saturated heterocycles. The molecule has 0 aliphatic heterocycles. The number of nitrogens with zero attached hydrogens (tertiary/aromatic N) is 2. The molecule has 1 aromatic heterocycles. The first-order valence-electron chi connectivity index (χ1n) is 4.35. The zero-order chi connectivity index (χ0) is 9.26. The van der Waals surface area contributed by atoms with Crippen LogP contribution in [0.15, 0.2) is 12.4 Å². The van der Waals surface area contributed by atoms with Gasteiger partial charge in [0.05, 0.1) is 11.9 Å². The number of hydrogen-bond donors (Lipinski definition) is 1. The monoisotopic (exact) mass is 177 g/mol. The lowest BCUT2D eigenvalue weighted by molar-refractivity contribution is -0.114. The lowest BCUT2D eigenvalue weighted by Crippen LogP contribution is -2.08. The summed E-state index contributed by atoms with van der Waals surface area (Å²) in [6.07, 6.45) is 5.71. The van der Waals surface area contributed by atoms with Crippen LogP contribution >= 0.6 is 0 Å². The molecule has 1 saturated carbocycles. The van der Waals surface area contributed by atoms with Crippen molar-refractivity contribution in [1.82, 2.24) is 9.97 Å².